The molecule has 0 N–H and O–H groups in total. The normalized spacial score (nSPS) is 10.9. The van der Waals surface area contributed by atoms with Gasteiger partial charge in [0.15, 0.2) is 0 Å². The molecule has 0 amide bonds. The van der Waals surface area contributed by atoms with E-state index in [4.69, 9.17) is 5.26 Å². The predicted octanol–water partition coefficient (Wildman–Crippen LogP) is 4.63. The van der Waals surface area contributed by atoms with Crippen molar-refractivity contribution in [1.29, 1.82) is 5.26 Å². The van der Waals surface area contributed by atoms with Crippen LogP contribution in [0.5, 0.6) is 0 Å². The van der Waals surface area contributed by atoms with E-state index in [-0.39, 0.29) is 11.7 Å². The Morgan fingerprint density at radius 2 is 2.07 bits per heavy atom. The van der Waals surface area contributed by atoms with Gasteiger partial charge in [0, 0.05) is 10.9 Å². The highest BCUT2D eigenvalue weighted by atomic mass is 79.9. The molecule has 0 bridgehead atoms. The Kier molecular flexibility index (Phi) is 6.98. The molecule has 0 aliphatic carbocycles. The van der Waals surface area contributed by atoms with Crippen LogP contribution in [0.2, 0.25) is 0 Å². The van der Waals surface area contributed by atoms with Crippen LogP contribution in [0.25, 0.3) is 0 Å². The molecular weight excluding hydrogens is 257 g/mol. The summed E-state index contributed by atoms with van der Waals surface area (Å²) >= 11 is 3.27. The van der Waals surface area contributed by atoms with Gasteiger partial charge in [-0.05, 0) is 29.7 Å². The standard InChI is InChI=1S/C10H9BrFN.C2H6/c1-7(4-5-13)9-6-8(11)2-3-10(9)12;1-2/h2-3,6-7H,4H2,1H3;1-2H3. The fraction of sp³-hybridized carbons (Fsp3) is 0.417. The highest BCUT2D eigenvalue weighted by Crippen LogP contribution is 2.24. The van der Waals surface area contributed by atoms with Crippen molar-refractivity contribution in [3.05, 3.63) is 34.1 Å². The predicted molar refractivity (Wildman–Crippen MR) is 64.1 cm³/mol. The lowest BCUT2D eigenvalue weighted by Gasteiger charge is -2.08. The largest absolute Gasteiger partial charge is 0.207 e. The van der Waals surface area contributed by atoms with Gasteiger partial charge in [0.2, 0.25) is 0 Å². The number of rotatable bonds is 2. The van der Waals surface area contributed by atoms with Crippen LogP contribution in [0.4, 0.5) is 4.39 Å². The maximum absolute atomic E-state index is 13.2. The molecular formula is C12H15BrFN. The van der Waals surface area contributed by atoms with Crippen molar-refractivity contribution >= 4 is 15.9 Å². The third kappa shape index (κ3) is 4.44. The van der Waals surface area contributed by atoms with Crippen LogP contribution >= 0.6 is 15.9 Å². The van der Waals surface area contributed by atoms with E-state index in [2.05, 4.69) is 15.9 Å². The van der Waals surface area contributed by atoms with Crippen LogP contribution in [-0.2, 0) is 0 Å². The fourth-order valence-electron chi connectivity index (χ4n) is 1.14. The van der Waals surface area contributed by atoms with Crippen molar-refractivity contribution in [3.63, 3.8) is 0 Å². The second-order valence-electron chi connectivity index (χ2n) is 2.93. The summed E-state index contributed by atoms with van der Waals surface area (Å²) in [6.07, 6.45) is 0.341. The van der Waals surface area contributed by atoms with Gasteiger partial charge in [-0.25, -0.2) is 4.39 Å². The van der Waals surface area contributed by atoms with Gasteiger partial charge < -0.3 is 0 Å². The zero-order valence-electron chi connectivity index (χ0n) is 9.22. The van der Waals surface area contributed by atoms with E-state index in [1.807, 2.05) is 26.8 Å². The van der Waals surface area contributed by atoms with Crippen LogP contribution in [0, 0.1) is 17.1 Å². The molecule has 1 unspecified atom stereocenters. The first kappa shape index (κ1) is 14.1. The van der Waals surface area contributed by atoms with E-state index in [0.29, 0.717) is 12.0 Å². The molecule has 15 heavy (non-hydrogen) atoms. The molecule has 3 heteroatoms. The third-order valence-corrected chi connectivity index (χ3v) is 2.38. The Hall–Kier alpha value is -0.880. The summed E-state index contributed by atoms with van der Waals surface area (Å²) in [6.45, 7) is 5.84. The average Bonchev–Trinajstić information content (AvgIpc) is 2.25. The molecule has 0 aliphatic heterocycles. The first-order valence-corrected chi connectivity index (χ1v) is 5.76. The summed E-state index contributed by atoms with van der Waals surface area (Å²) in [5.74, 6) is -0.298. The zero-order valence-corrected chi connectivity index (χ0v) is 10.8. The lowest BCUT2D eigenvalue weighted by atomic mass is 9.98. The summed E-state index contributed by atoms with van der Waals surface area (Å²) in [5.41, 5.74) is 0.593. The number of nitriles is 1. The van der Waals surface area contributed by atoms with Crippen LogP contribution < -0.4 is 0 Å². The molecule has 82 valence electrons. The number of benzene rings is 1. The Bertz CT molecular complexity index is 344. The third-order valence-electron chi connectivity index (χ3n) is 1.89. The van der Waals surface area contributed by atoms with Gasteiger partial charge in [-0.1, -0.05) is 36.7 Å². The highest BCUT2D eigenvalue weighted by molar-refractivity contribution is 9.10. The average molecular weight is 272 g/mol. The summed E-state index contributed by atoms with van der Waals surface area (Å²) < 4.78 is 14.1. The summed E-state index contributed by atoms with van der Waals surface area (Å²) in [6, 6.07) is 6.81. The summed E-state index contributed by atoms with van der Waals surface area (Å²) in [7, 11) is 0. The van der Waals surface area contributed by atoms with Gasteiger partial charge in [0.25, 0.3) is 0 Å². The maximum atomic E-state index is 13.2. The first-order valence-electron chi connectivity index (χ1n) is 4.97. The molecule has 1 rings (SSSR count). The van der Waals surface area contributed by atoms with Gasteiger partial charge in [0.05, 0.1) is 6.07 Å². The van der Waals surface area contributed by atoms with E-state index >= 15 is 0 Å². The minimum atomic E-state index is -0.244. The lowest BCUT2D eigenvalue weighted by Crippen LogP contribution is -1.96. The molecule has 0 radical (unpaired) electrons. The SMILES string of the molecule is CC.CC(CC#N)c1cc(Br)ccc1F. The van der Waals surface area contributed by atoms with Crippen molar-refractivity contribution in [2.24, 2.45) is 0 Å². The quantitative estimate of drug-likeness (QED) is 0.769. The van der Waals surface area contributed by atoms with E-state index < -0.39 is 0 Å². The van der Waals surface area contributed by atoms with Crippen LogP contribution in [-0.4, -0.2) is 0 Å². The van der Waals surface area contributed by atoms with Gasteiger partial charge >= 0.3 is 0 Å². The van der Waals surface area contributed by atoms with Gasteiger partial charge in [-0.15, -0.1) is 0 Å². The minimum absolute atomic E-state index is 0.0532. The van der Waals surface area contributed by atoms with E-state index in [0.717, 1.165) is 4.47 Å². The second-order valence-corrected chi connectivity index (χ2v) is 3.84. The van der Waals surface area contributed by atoms with Crippen molar-refractivity contribution in [3.8, 4) is 6.07 Å². The topological polar surface area (TPSA) is 23.8 Å². The van der Waals surface area contributed by atoms with E-state index in [1.54, 1.807) is 12.1 Å². The molecule has 0 spiro atoms. The number of hydrogen-bond donors (Lipinski definition) is 0. The van der Waals surface area contributed by atoms with Crippen LogP contribution in [0.15, 0.2) is 22.7 Å². The Labute approximate surface area is 99.1 Å². The van der Waals surface area contributed by atoms with Crippen LogP contribution in [0.3, 0.4) is 0 Å². The van der Waals surface area contributed by atoms with E-state index in [9.17, 15) is 4.39 Å². The number of nitrogens with zero attached hydrogens (tertiary/aromatic N) is 1. The fourth-order valence-corrected chi connectivity index (χ4v) is 1.52. The summed E-state index contributed by atoms with van der Waals surface area (Å²) in [5, 5.41) is 8.47. The number of hydrogen-bond acceptors (Lipinski definition) is 1. The number of halogens is 2. The van der Waals surface area contributed by atoms with Gasteiger partial charge in [0.1, 0.15) is 5.82 Å². The second kappa shape index (κ2) is 7.42. The Morgan fingerprint density at radius 1 is 1.47 bits per heavy atom. The highest BCUT2D eigenvalue weighted by Gasteiger charge is 2.10. The van der Waals surface area contributed by atoms with Crippen molar-refractivity contribution < 1.29 is 4.39 Å². The molecule has 0 saturated heterocycles. The smallest absolute Gasteiger partial charge is 0.126 e. The van der Waals surface area contributed by atoms with E-state index in [1.165, 1.54) is 6.07 Å². The molecule has 1 aromatic carbocycles. The summed E-state index contributed by atoms with van der Waals surface area (Å²) in [4.78, 5) is 0. The Morgan fingerprint density at radius 3 is 2.60 bits per heavy atom. The van der Waals surface area contributed by atoms with Crippen molar-refractivity contribution in [2.45, 2.75) is 33.1 Å². The lowest BCUT2D eigenvalue weighted by molar-refractivity contribution is 0.591. The van der Waals surface area contributed by atoms with Gasteiger partial charge in [-0.2, -0.15) is 5.26 Å². The zero-order chi connectivity index (χ0) is 11.8. The van der Waals surface area contributed by atoms with Gasteiger partial charge in [-0.3, -0.25) is 0 Å². The Balaban J connectivity index is 0.000000921. The molecule has 0 aliphatic rings. The maximum Gasteiger partial charge on any atom is 0.126 e. The van der Waals surface area contributed by atoms with Crippen molar-refractivity contribution in [1.82, 2.24) is 0 Å². The van der Waals surface area contributed by atoms with Crippen molar-refractivity contribution in [2.75, 3.05) is 0 Å². The van der Waals surface area contributed by atoms with Crippen LogP contribution in [0.1, 0.15) is 38.7 Å². The monoisotopic (exact) mass is 271 g/mol. The molecule has 0 aromatic heterocycles. The molecule has 1 aromatic rings. The first-order chi connectivity index (χ1) is 7.15. The molecule has 0 saturated carbocycles. The molecule has 1 nitrogen and oxygen atoms in total. The molecule has 0 fully saturated rings. The molecule has 0 heterocycles. The molecule has 1 atom stereocenters. The minimum Gasteiger partial charge on any atom is -0.207 e.